The quantitative estimate of drug-likeness (QED) is 0.262. The number of morpholine rings is 1. The van der Waals surface area contributed by atoms with E-state index in [1.165, 1.54) is 0 Å². The minimum atomic E-state index is -0.335. The van der Waals surface area contributed by atoms with Crippen molar-refractivity contribution in [2.24, 2.45) is 0 Å². The van der Waals surface area contributed by atoms with E-state index >= 15 is 0 Å². The van der Waals surface area contributed by atoms with Crippen LogP contribution in [0.25, 0.3) is 0 Å². The van der Waals surface area contributed by atoms with Gasteiger partial charge >= 0.3 is 0 Å². The molecule has 40 heavy (non-hydrogen) atoms. The third-order valence-corrected chi connectivity index (χ3v) is 7.36. The van der Waals surface area contributed by atoms with Gasteiger partial charge in [-0.05, 0) is 48.1 Å². The van der Waals surface area contributed by atoms with Crippen LogP contribution in [0, 0.1) is 10.1 Å². The molecule has 0 spiro atoms. The fraction of sp³-hybridized carbons (Fsp3) is 0.310. The third kappa shape index (κ3) is 6.67. The molecule has 0 atom stereocenters. The third-order valence-electron chi connectivity index (χ3n) is 7.00. The number of hydrogen-bond acceptors (Lipinski definition) is 8. The zero-order chi connectivity index (χ0) is 27.9. The normalized spacial score (nSPS) is 15.4. The largest absolute Gasteiger partial charge is 0.489 e. The van der Waals surface area contributed by atoms with Crippen molar-refractivity contribution in [1.29, 1.82) is 0 Å². The summed E-state index contributed by atoms with van der Waals surface area (Å²) in [5.41, 5.74) is 3.15. The Morgan fingerprint density at radius 3 is 2.40 bits per heavy atom. The fourth-order valence-electron chi connectivity index (χ4n) is 4.80. The van der Waals surface area contributed by atoms with Gasteiger partial charge < -0.3 is 24.2 Å². The summed E-state index contributed by atoms with van der Waals surface area (Å²) in [5.74, 6) is 0.318. The highest BCUT2D eigenvalue weighted by Crippen LogP contribution is 2.33. The molecule has 1 N–H and O–H groups in total. The average molecular weight is 562 g/mol. The predicted octanol–water partition coefficient (Wildman–Crippen LogP) is 3.85. The first-order chi connectivity index (χ1) is 19.5. The van der Waals surface area contributed by atoms with Crippen LogP contribution in [0.2, 0.25) is 0 Å². The maximum absolute atomic E-state index is 12.9. The zero-order valence-corrected chi connectivity index (χ0v) is 22.8. The molecule has 3 aromatic rings. The predicted molar refractivity (Wildman–Crippen MR) is 157 cm³/mol. The van der Waals surface area contributed by atoms with Crippen LogP contribution in [0.3, 0.4) is 0 Å². The molecule has 3 aromatic carbocycles. The Labute approximate surface area is 238 Å². The van der Waals surface area contributed by atoms with Crippen LogP contribution in [0.5, 0.6) is 5.75 Å². The lowest BCUT2D eigenvalue weighted by Gasteiger charge is -2.37. The highest BCUT2D eigenvalue weighted by molar-refractivity contribution is 7.80. The van der Waals surface area contributed by atoms with E-state index in [2.05, 4.69) is 10.2 Å². The molecule has 11 heteroatoms. The number of nitro benzene ring substituents is 1. The van der Waals surface area contributed by atoms with Crippen molar-refractivity contribution in [3.63, 3.8) is 0 Å². The standard InChI is InChI=1S/C29H31N5O5S/c35-28(23-7-4-8-25(19-23)39-21-22-5-2-1-3-6-22)30-29(40)33-13-11-31(12-14-33)24-9-10-26(34(36)37)27(20-24)32-15-17-38-18-16-32/h1-10,19-20H,11-18,21H2,(H,30,35,40). The molecule has 1 amide bonds. The van der Waals surface area contributed by atoms with Crippen LogP contribution >= 0.6 is 12.2 Å². The first-order valence-corrected chi connectivity index (χ1v) is 13.6. The van der Waals surface area contributed by atoms with Gasteiger partial charge in [0.25, 0.3) is 11.6 Å². The second kappa shape index (κ2) is 12.8. The second-order valence-corrected chi connectivity index (χ2v) is 9.95. The summed E-state index contributed by atoms with van der Waals surface area (Å²) in [4.78, 5) is 30.4. The van der Waals surface area contributed by atoms with Crippen LogP contribution in [0.4, 0.5) is 17.1 Å². The van der Waals surface area contributed by atoms with Gasteiger partial charge in [0.15, 0.2) is 5.11 Å². The first-order valence-electron chi connectivity index (χ1n) is 13.2. The maximum Gasteiger partial charge on any atom is 0.292 e. The van der Waals surface area contributed by atoms with Crippen LogP contribution in [0.1, 0.15) is 15.9 Å². The molecule has 2 aliphatic heterocycles. The minimum absolute atomic E-state index is 0.0997. The Morgan fingerprint density at radius 1 is 0.925 bits per heavy atom. The summed E-state index contributed by atoms with van der Waals surface area (Å²) in [6.45, 7) is 5.31. The molecule has 0 bridgehead atoms. The van der Waals surface area contributed by atoms with Crippen molar-refractivity contribution >= 4 is 40.3 Å². The topological polar surface area (TPSA) is 100 Å². The second-order valence-electron chi connectivity index (χ2n) is 9.57. The number of piperazine rings is 1. The van der Waals surface area contributed by atoms with Crippen molar-refractivity contribution in [1.82, 2.24) is 10.2 Å². The summed E-state index contributed by atoms with van der Waals surface area (Å²) in [6, 6.07) is 22.1. The van der Waals surface area contributed by atoms with Gasteiger partial charge in [-0.1, -0.05) is 36.4 Å². The zero-order valence-electron chi connectivity index (χ0n) is 22.0. The molecule has 5 rings (SSSR count). The number of carbonyl (C=O) groups is 1. The highest BCUT2D eigenvalue weighted by Gasteiger charge is 2.25. The van der Waals surface area contributed by atoms with E-state index in [4.69, 9.17) is 21.7 Å². The van der Waals surface area contributed by atoms with Gasteiger partial charge in [-0.2, -0.15) is 0 Å². The molecule has 10 nitrogen and oxygen atoms in total. The molecule has 0 aliphatic carbocycles. The molecular weight excluding hydrogens is 530 g/mol. The van der Waals surface area contributed by atoms with E-state index in [0.717, 1.165) is 11.3 Å². The lowest BCUT2D eigenvalue weighted by Crippen LogP contribution is -2.52. The van der Waals surface area contributed by atoms with Gasteiger partial charge in [-0.15, -0.1) is 0 Å². The molecule has 0 aromatic heterocycles. The number of nitro groups is 1. The van der Waals surface area contributed by atoms with E-state index in [1.807, 2.05) is 52.3 Å². The SMILES string of the molecule is O=C(NC(=S)N1CCN(c2ccc([N+](=O)[O-])c(N3CCOCC3)c2)CC1)c1cccc(OCc2ccccc2)c1. The lowest BCUT2D eigenvalue weighted by molar-refractivity contribution is -0.384. The summed E-state index contributed by atoms with van der Waals surface area (Å²) in [6.07, 6.45) is 0. The summed E-state index contributed by atoms with van der Waals surface area (Å²) >= 11 is 5.56. The van der Waals surface area contributed by atoms with E-state index in [-0.39, 0.29) is 16.5 Å². The van der Waals surface area contributed by atoms with Crippen LogP contribution in [0.15, 0.2) is 72.8 Å². The highest BCUT2D eigenvalue weighted by atomic mass is 32.1. The lowest BCUT2D eigenvalue weighted by atomic mass is 10.1. The number of thiocarbonyl (C=S) groups is 1. The molecule has 208 valence electrons. The molecule has 2 saturated heterocycles. The van der Waals surface area contributed by atoms with Gasteiger partial charge in [-0.3, -0.25) is 20.2 Å². The van der Waals surface area contributed by atoms with Gasteiger partial charge in [0.05, 0.1) is 18.1 Å². The first kappa shape index (κ1) is 27.4. The smallest absolute Gasteiger partial charge is 0.292 e. The van der Waals surface area contributed by atoms with Crippen molar-refractivity contribution in [2.45, 2.75) is 6.61 Å². The van der Waals surface area contributed by atoms with Gasteiger partial charge in [-0.25, -0.2) is 0 Å². The van der Waals surface area contributed by atoms with Gasteiger partial charge in [0, 0.05) is 56.6 Å². The summed E-state index contributed by atoms with van der Waals surface area (Å²) in [7, 11) is 0. The molecule has 0 saturated carbocycles. The number of ether oxygens (including phenoxy) is 2. The Hall–Kier alpha value is -4.22. The van der Waals surface area contributed by atoms with Crippen LogP contribution in [-0.2, 0) is 11.3 Å². The molecule has 0 unspecified atom stereocenters. The number of carbonyl (C=O) groups excluding carboxylic acids is 1. The molecule has 0 radical (unpaired) electrons. The molecular formula is C29H31N5O5S. The number of rotatable bonds is 7. The fourth-order valence-corrected chi connectivity index (χ4v) is 5.08. The number of nitrogens with one attached hydrogen (secondary N) is 1. The number of anilines is 2. The Morgan fingerprint density at radius 2 is 1.68 bits per heavy atom. The van der Waals surface area contributed by atoms with E-state index < -0.39 is 0 Å². The Balaban J connectivity index is 1.16. The van der Waals surface area contributed by atoms with E-state index in [1.54, 1.807) is 30.3 Å². The number of benzene rings is 3. The number of amides is 1. The molecule has 2 heterocycles. The minimum Gasteiger partial charge on any atom is -0.489 e. The van der Waals surface area contributed by atoms with Gasteiger partial charge in [0.1, 0.15) is 18.0 Å². The number of nitrogens with zero attached hydrogens (tertiary/aromatic N) is 4. The van der Waals surface area contributed by atoms with Crippen LogP contribution < -0.4 is 19.9 Å². The Bertz CT molecular complexity index is 1360. The van der Waals surface area contributed by atoms with Crippen molar-refractivity contribution in [3.05, 3.63) is 94.0 Å². The maximum atomic E-state index is 12.9. The van der Waals surface area contributed by atoms with E-state index in [9.17, 15) is 14.9 Å². The number of hydrogen-bond donors (Lipinski definition) is 1. The average Bonchev–Trinajstić information content (AvgIpc) is 3.01. The van der Waals surface area contributed by atoms with Gasteiger partial charge in [0.2, 0.25) is 0 Å². The Kier molecular flexibility index (Phi) is 8.72. The molecule has 2 aliphatic rings. The van der Waals surface area contributed by atoms with Crippen molar-refractivity contribution < 1.29 is 19.2 Å². The van der Waals surface area contributed by atoms with E-state index in [0.29, 0.717) is 81.2 Å². The monoisotopic (exact) mass is 561 g/mol. The van der Waals surface area contributed by atoms with Crippen LogP contribution in [-0.4, -0.2) is 73.3 Å². The van der Waals surface area contributed by atoms with Crippen molar-refractivity contribution in [2.75, 3.05) is 62.3 Å². The molecule has 2 fully saturated rings. The summed E-state index contributed by atoms with van der Waals surface area (Å²) in [5, 5.41) is 14.9. The van der Waals surface area contributed by atoms with Crippen molar-refractivity contribution in [3.8, 4) is 5.75 Å². The summed E-state index contributed by atoms with van der Waals surface area (Å²) < 4.78 is 11.3.